The molecule has 102 valence electrons. The van der Waals surface area contributed by atoms with Crippen molar-refractivity contribution in [1.29, 1.82) is 0 Å². The zero-order chi connectivity index (χ0) is 14.4. The van der Waals surface area contributed by atoms with Crippen molar-refractivity contribution < 1.29 is 9.18 Å². The van der Waals surface area contributed by atoms with Crippen molar-refractivity contribution >= 4 is 23.6 Å². The van der Waals surface area contributed by atoms with Gasteiger partial charge in [0.05, 0.1) is 0 Å². The van der Waals surface area contributed by atoms with Gasteiger partial charge in [0, 0.05) is 23.2 Å². The van der Waals surface area contributed by atoms with Gasteiger partial charge in [0.25, 0.3) is 0 Å². The molecule has 0 fully saturated rings. The lowest BCUT2D eigenvalue weighted by molar-refractivity contribution is -0.116. The van der Waals surface area contributed by atoms with E-state index in [9.17, 15) is 9.18 Å². The Kier molecular flexibility index (Phi) is 4.91. The molecule has 0 saturated heterocycles. The quantitative estimate of drug-likeness (QED) is 0.852. The number of nitrogens with one attached hydrogen (secondary N) is 1. The van der Waals surface area contributed by atoms with Crippen LogP contribution in [-0.2, 0) is 11.3 Å². The minimum Gasteiger partial charge on any atom is -0.348 e. The first-order chi connectivity index (χ1) is 9.65. The van der Waals surface area contributed by atoms with Crippen molar-refractivity contribution in [3.8, 4) is 0 Å². The van der Waals surface area contributed by atoms with Gasteiger partial charge in [0.1, 0.15) is 5.82 Å². The molecule has 0 radical (unpaired) electrons. The Morgan fingerprint density at radius 1 is 1.20 bits per heavy atom. The summed E-state index contributed by atoms with van der Waals surface area (Å²) in [7, 11) is 0. The third-order valence-corrected chi connectivity index (χ3v) is 2.92. The molecule has 0 aromatic heterocycles. The summed E-state index contributed by atoms with van der Waals surface area (Å²) in [6.45, 7) is 0.158. The van der Waals surface area contributed by atoms with Crippen LogP contribution in [0.15, 0.2) is 54.6 Å². The maximum absolute atomic E-state index is 13.4. The van der Waals surface area contributed by atoms with Crippen LogP contribution in [0.1, 0.15) is 11.1 Å². The first-order valence-electron chi connectivity index (χ1n) is 6.10. The number of halogens is 2. The highest BCUT2D eigenvalue weighted by Gasteiger charge is 2.01. The van der Waals surface area contributed by atoms with Crippen LogP contribution in [0.4, 0.5) is 4.39 Å². The number of hydrogen-bond donors (Lipinski definition) is 1. The van der Waals surface area contributed by atoms with Crippen molar-refractivity contribution in [2.75, 3.05) is 0 Å². The Bertz CT molecular complexity index is 640. The Balaban J connectivity index is 1.91. The Hall–Kier alpha value is -2.13. The van der Waals surface area contributed by atoms with Gasteiger partial charge in [0.2, 0.25) is 5.91 Å². The largest absolute Gasteiger partial charge is 0.348 e. The van der Waals surface area contributed by atoms with Crippen molar-refractivity contribution in [2.24, 2.45) is 0 Å². The van der Waals surface area contributed by atoms with Crippen LogP contribution in [0.5, 0.6) is 0 Å². The molecule has 0 unspecified atom stereocenters. The van der Waals surface area contributed by atoms with Gasteiger partial charge in [-0.25, -0.2) is 4.39 Å². The molecule has 20 heavy (non-hydrogen) atoms. The molecule has 0 aliphatic rings. The third kappa shape index (κ3) is 4.21. The van der Waals surface area contributed by atoms with Gasteiger partial charge in [-0.2, -0.15) is 0 Å². The van der Waals surface area contributed by atoms with E-state index in [1.54, 1.807) is 42.5 Å². The van der Waals surface area contributed by atoms with E-state index in [2.05, 4.69) is 5.32 Å². The van der Waals surface area contributed by atoms with Gasteiger partial charge in [0.15, 0.2) is 0 Å². The fraction of sp³-hybridized carbons (Fsp3) is 0.0625. The van der Waals surface area contributed by atoms with Gasteiger partial charge < -0.3 is 5.32 Å². The molecular formula is C16H13ClFNO. The van der Waals surface area contributed by atoms with Gasteiger partial charge in [-0.15, -0.1) is 0 Å². The molecular weight excluding hydrogens is 277 g/mol. The predicted octanol–water partition coefficient (Wildman–Crippen LogP) is 3.81. The maximum atomic E-state index is 13.4. The molecule has 0 spiro atoms. The van der Waals surface area contributed by atoms with Gasteiger partial charge in [-0.1, -0.05) is 41.9 Å². The summed E-state index contributed by atoms with van der Waals surface area (Å²) in [6, 6.07) is 13.5. The van der Waals surface area contributed by atoms with Crippen LogP contribution in [-0.4, -0.2) is 5.91 Å². The number of benzene rings is 2. The fourth-order valence-electron chi connectivity index (χ4n) is 1.67. The topological polar surface area (TPSA) is 29.1 Å². The van der Waals surface area contributed by atoms with Crippen LogP contribution < -0.4 is 5.32 Å². The lowest BCUT2D eigenvalue weighted by Crippen LogP contribution is -2.20. The average Bonchev–Trinajstić information content (AvgIpc) is 2.44. The molecule has 0 heterocycles. The van der Waals surface area contributed by atoms with Crippen LogP contribution >= 0.6 is 11.6 Å². The average molecular weight is 290 g/mol. The molecule has 4 heteroatoms. The Morgan fingerprint density at radius 2 is 2.00 bits per heavy atom. The summed E-state index contributed by atoms with van der Waals surface area (Å²) in [5.74, 6) is -0.611. The second kappa shape index (κ2) is 6.87. The minimum absolute atomic E-state index is 0.158. The molecule has 0 bridgehead atoms. The van der Waals surface area contributed by atoms with Gasteiger partial charge in [-0.3, -0.25) is 4.79 Å². The van der Waals surface area contributed by atoms with E-state index in [-0.39, 0.29) is 18.3 Å². The lowest BCUT2D eigenvalue weighted by Gasteiger charge is -2.03. The first kappa shape index (κ1) is 14.3. The highest BCUT2D eigenvalue weighted by Crippen LogP contribution is 2.11. The molecule has 0 atom stereocenters. The Morgan fingerprint density at radius 3 is 2.75 bits per heavy atom. The second-order valence-corrected chi connectivity index (χ2v) is 4.63. The summed E-state index contributed by atoms with van der Waals surface area (Å²) in [5.41, 5.74) is 1.29. The zero-order valence-corrected chi connectivity index (χ0v) is 11.4. The molecule has 2 rings (SSSR count). The molecule has 2 aromatic rings. The normalized spacial score (nSPS) is 10.7. The predicted molar refractivity (Wildman–Crippen MR) is 78.7 cm³/mol. The van der Waals surface area contributed by atoms with E-state index >= 15 is 0 Å². The third-order valence-electron chi connectivity index (χ3n) is 2.69. The van der Waals surface area contributed by atoms with Crippen molar-refractivity contribution in [3.63, 3.8) is 0 Å². The maximum Gasteiger partial charge on any atom is 0.244 e. The van der Waals surface area contributed by atoms with Gasteiger partial charge >= 0.3 is 0 Å². The summed E-state index contributed by atoms with van der Waals surface area (Å²) in [5, 5.41) is 3.24. The molecule has 0 aliphatic carbocycles. The number of rotatable bonds is 4. The van der Waals surface area contributed by atoms with Crippen molar-refractivity contribution in [2.45, 2.75) is 6.54 Å². The SMILES string of the molecule is O=C(/C=C/c1cccc(Cl)c1)NCc1ccccc1F. The van der Waals surface area contributed by atoms with Crippen LogP contribution in [0.25, 0.3) is 6.08 Å². The standard InChI is InChI=1S/C16H13ClFNO/c17-14-6-3-4-12(10-14)8-9-16(20)19-11-13-5-1-2-7-15(13)18/h1-10H,11H2,(H,19,20)/b9-8+. The van der Waals surface area contributed by atoms with Crippen molar-refractivity contribution in [3.05, 3.63) is 76.6 Å². The minimum atomic E-state index is -0.327. The van der Waals surface area contributed by atoms with Crippen LogP contribution in [0.2, 0.25) is 5.02 Å². The summed E-state index contributed by atoms with van der Waals surface area (Å²) >= 11 is 5.84. The molecule has 0 saturated carbocycles. The summed E-state index contributed by atoms with van der Waals surface area (Å²) < 4.78 is 13.4. The smallest absolute Gasteiger partial charge is 0.244 e. The van der Waals surface area contributed by atoms with E-state index in [0.717, 1.165) is 5.56 Å². The molecule has 1 N–H and O–H groups in total. The van der Waals surface area contributed by atoms with Crippen LogP contribution in [0.3, 0.4) is 0 Å². The number of hydrogen-bond acceptors (Lipinski definition) is 1. The zero-order valence-electron chi connectivity index (χ0n) is 10.6. The van der Waals surface area contributed by atoms with E-state index in [0.29, 0.717) is 10.6 Å². The van der Waals surface area contributed by atoms with E-state index in [1.807, 2.05) is 6.07 Å². The highest BCUT2D eigenvalue weighted by molar-refractivity contribution is 6.30. The lowest BCUT2D eigenvalue weighted by atomic mass is 10.2. The fourth-order valence-corrected chi connectivity index (χ4v) is 1.86. The molecule has 2 aromatic carbocycles. The second-order valence-electron chi connectivity index (χ2n) is 4.20. The van der Waals surface area contributed by atoms with E-state index in [4.69, 9.17) is 11.6 Å². The van der Waals surface area contributed by atoms with Crippen LogP contribution in [0, 0.1) is 5.82 Å². The number of carbonyl (C=O) groups is 1. The van der Waals surface area contributed by atoms with E-state index in [1.165, 1.54) is 12.1 Å². The molecule has 0 aliphatic heterocycles. The van der Waals surface area contributed by atoms with E-state index < -0.39 is 0 Å². The number of carbonyl (C=O) groups excluding carboxylic acids is 1. The molecule has 1 amide bonds. The van der Waals surface area contributed by atoms with Crippen molar-refractivity contribution in [1.82, 2.24) is 5.32 Å². The highest BCUT2D eigenvalue weighted by atomic mass is 35.5. The number of amides is 1. The first-order valence-corrected chi connectivity index (χ1v) is 6.48. The monoisotopic (exact) mass is 289 g/mol. The summed E-state index contributed by atoms with van der Waals surface area (Å²) in [6.07, 6.45) is 3.05. The molecule has 2 nitrogen and oxygen atoms in total. The Labute approximate surface area is 121 Å². The van der Waals surface area contributed by atoms with Gasteiger partial charge in [-0.05, 0) is 29.8 Å². The summed E-state index contributed by atoms with van der Waals surface area (Å²) in [4.78, 5) is 11.6.